The van der Waals surface area contributed by atoms with Gasteiger partial charge in [-0.05, 0) is 61.5 Å². The van der Waals surface area contributed by atoms with Gasteiger partial charge in [-0.15, -0.1) is 0 Å². The minimum atomic E-state index is -0.0973. The number of rotatable bonds is 7. The minimum Gasteiger partial charge on any atom is -0.319 e. The van der Waals surface area contributed by atoms with Gasteiger partial charge in [-0.3, -0.25) is 0 Å². The molecule has 0 radical (unpaired) electrons. The number of halogens is 1. The van der Waals surface area contributed by atoms with Crippen LogP contribution in [0.3, 0.4) is 0 Å². The molecule has 0 saturated heterocycles. The summed E-state index contributed by atoms with van der Waals surface area (Å²) < 4.78 is 13.8. The molecule has 1 N–H and O–H groups in total. The van der Waals surface area contributed by atoms with Crippen molar-refractivity contribution in [2.45, 2.75) is 26.2 Å². The van der Waals surface area contributed by atoms with E-state index in [9.17, 15) is 4.39 Å². The van der Waals surface area contributed by atoms with Crippen molar-refractivity contribution < 1.29 is 4.39 Å². The highest BCUT2D eigenvalue weighted by Gasteiger charge is 2.12. The Labute approximate surface area is 127 Å². The molecule has 1 atom stereocenters. The first-order chi connectivity index (χ1) is 10.2. The van der Waals surface area contributed by atoms with Gasteiger partial charge in [0.1, 0.15) is 5.82 Å². The Balaban J connectivity index is 2.06. The quantitative estimate of drug-likeness (QED) is 0.810. The fourth-order valence-electron chi connectivity index (χ4n) is 2.72. The van der Waals surface area contributed by atoms with Crippen LogP contribution >= 0.6 is 0 Å². The molecule has 112 valence electrons. The van der Waals surface area contributed by atoms with E-state index in [0.29, 0.717) is 5.92 Å². The first kappa shape index (κ1) is 15.7. The van der Waals surface area contributed by atoms with E-state index in [0.717, 1.165) is 31.4 Å². The zero-order valence-electron chi connectivity index (χ0n) is 12.9. The van der Waals surface area contributed by atoms with Crippen molar-refractivity contribution >= 4 is 0 Å². The molecule has 0 spiro atoms. The predicted molar refractivity (Wildman–Crippen MR) is 87.0 cm³/mol. The van der Waals surface area contributed by atoms with E-state index in [4.69, 9.17) is 0 Å². The van der Waals surface area contributed by atoms with Crippen molar-refractivity contribution in [2.75, 3.05) is 13.6 Å². The molecule has 0 amide bonds. The van der Waals surface area contributed by atoms with Gasteiger partial charge in [-0.1, -0.05) is 49.4 Å². The molecule has 0 aliphatic carbocycles. The highest BCUT2D eigenvalue weighted by molar-refractivity contribution is 5.24. The smallest absolute Gasteiger partial charge is 0.126 e. The summed E-state index contributed by atoms with van der Waals surface area (Å²) in [5.74, 6) is 0.305. The van der Waals surface area contributed by atoms with Crippen LogP contribution in [0, 0.1) is 11.7 Å². The van der Waals surface area contributed by atoms with Gasteiger partial charge >= 0.3 is 0 Å². The Kier molecular flexibility index (Phi) is 5.94. The third kappa shape index (κ3) is 4.68. The second kappa shape index (κ2) is 7.94. The molecule has 0 fully saturated rings. The molecule has 0 saturated carbocycles. The monoisotopic (exact) mass is 285 g/mol. The summed E-state index contributed by atoms with van der Waals surface area (Å²) in [5, 5.41) is 3.23. The molecule has 1 unspecified atom stereocenters. The minimum absolute atomic E-state index is 0.0973. The maximum atomic E-state index is 13.8. The van der Waals surface area contributed by atoms with Crippen molar-refractivity contribution in [3.8, 4) is 0 Å². The fourth-order valence-corrected chi connectivity index (χ4v) is 2.72. The summed E-state index contributed by atoms with van der Waals surface area (Å²) in [4.78, 5) is 0. The lowest BCUT2D eigenvalue weighted by Gasteiger charge is -2.17. The van der Waals surface area contributed by atoms with Crippen LogP contribution in [0.4, 0.5) is 4.39 Å². The Hall–Kier alpha value is -1.67. The average molecular weight is 285 g/mol. The van der Waals surface area contributed by atoms with Crippen LogP contribution in [0.5, 0.6) is 0 Å². The number of aryl methyl sites for hydroxylation is 1. The molecule has 0 aliphatic rings. The van der Waals surface area contributed by atoms with Crippen molar-refractivity contribution in [3.05, 3.63) is 71.0 Å². The second-order valence-corrected chi connectivity index (χ2v) is 5.59. The van der Waals surface area contributed by atoms with Gasteiger partial charge in [0.05, 0.1) is 0 Å². The van der Waals surface area contributed by atoms with Crippen molar-refractivity contribution in [1.29, 1.82) is 0 Å². The number of nitrogens with one attached hydrogen (secondary N) is 1. The normalized spacial score (nSPS) is 12.3. The molecule has 2 rings (SSSR count). The standard InChI is InChI=1S/C19H24FN/c1-3-15-8-10-16(11-9-15)12-17(14-21-2)13-18-6-4-5-7-19(18)20/h4-11,17,21H,3,12-14H2,1-2H3. The molecule has 2 aromatic rings. The summed E-state index contributed by atoms with van der Waals surface area (Å²) in [7, 11) is 1.95. The molecule has 0 aromatic heterocycles. The second-order valence-electron chi connectivity index (χ2n) is 5.59. The van der Waals surface area contributed by atoms with Crippen molar-refractivity contribution in [1.82, 2.24) is 5.32 Å². The Morgan fingerprint density at radius 1 is 0.952 bits per heavy atom. The van der Waals surface area contributed by atoms with Crippen LogP contribution in [0.25, 0.3) is 0 Å². The summed E-state index contributed by atoms with van der Waals surface area (Å²) in [6.45, 7) is 3.06. The Morgan fingerprint density at radius 2 is 1.62 bits per heavy atom. The average Bonchev–Trinajstić information content (AvgIpc) is 2.50. The first-order valence-corrected chi connectivity index (χ1v) is 7.68. The molecule has 2 heteroatoms. The molecule has 2 aromatic carbocycles. The number of benzene rings is 2. The van der Waals surface area contributed by atoms with E-state index in [2.05, 4.69) is 36.5 Å². The third-order valence-electron chi connectivity index (χ3n) is 3.91. The lowest BCUT2D eigenvalue weighted by Crippen LogP contribution is -2.23. The third-order valence-corrected chi connectivity index (χ3v) is 3.91. The summed E-state index contributed by atoms with van der Waals surface area (Å²) in [6.07, 6.45) is 2.80. The highest BCUT2D eigenvalue weighted by Crippen LogP contribution is 2.17. The topological polar surface area (TPSA) is 12.0 Å². The maximum Gasteiger partial charge on any atom is 0.126 e. The summed E-state index contributed by atoms with van der Waals surface area (Å²) in [5.41, 5.74) is 3.49. The van der Waals surface area contributed by atoms with Crippen molar-refractivity contribution in [3.63, 3.8) is 0 Å². The highest BCUT2D eigenvalue weighted by atomic mass is 19.1. The van der Waals surface area contributed by atoms with E-state index in [1.807, 2.05) is 19.2 Å². The van der Waals surface area contributed by atoms with Gasteiger partial charge in [-0.2, -0.15) is 0 Å². The molecular weight excluding hydrogens is 261 g/mol. The van der Waals surface area contributed by atoms with Crippen LogP contribution in [0.2, 0.25) is 0 Å². The molecular formula is C19H24FN. The molecule has 1 nitrogen and oxygen atoms in total. The maximum absolute atomic E-state index is 13.8. The fraction of sp³-hybridized carbons (Fsp3) is 0.368. The van der Waals surface area contributed by atoms with Gasteiger partial charge in [-0.25, -0.2) is 4.39 Å². The van der Waals surface area contributed by atoms with Gasteiger partial charge in [0, 0.05) is 0 Å². The number of hydrogen-bond acceptors (Lipinski definition) is 1. The lowest BCUT2D eigenvalue weighted by molar-refractivity contribution is 0.480. The van der Waals surface area contributed by atoms with Crippen LogP contribution in [0.1, 0.15) is 23.6 Å². The van der Waals surface area contributed by atoms with E-state index in [1.54, 1.807) is 12.1 Å². The van der Waals surface area contributed by atoms with Crippen LogP contribution in [-0.4, -0.2) is 13.6 Å². The van der Waals surface area contributed by atoms with Gasteiger partial charge in [0.25, 0.3) is 0 Å². The van der Waals surface area contributed by atoms with Crippen LogP contribution in [0.15, 0.2) is 48.5 Å². The zero-order valence-corrected chi connectivity index (χ0v) is 12.9. The van der Waals surface area contributed by atoms with Crippen LogP contribution in [-0.2, 0) is 19.3 Å². The largest absolute Gasteiger partial charge is 0.319 e. The van der Waals surface area contributed by atoms with Crippen LogP contribution < -0.4 is 5.32 Å². The predicted octanol–water partition coefficient (Wildman–Crippen LogP) is 4.01. The van der Waals surface area contributed by atoms with E-state index in [1.165, 1.54) is 11.1 Å². The van der Waals surface area contributed by atoms with Gasteiger partial charge < -0.3 is 5.32 Å². The first-order valence-electron chi connectivity index (χ1n) is 7.68. The molecule has 0 bridgehead atoms. The lowest BCUT2D eigenvalue weighted by atomic mass is 9.92. The summed E-state index contributed by atoms with van der Waals surface area (Å²) in [6, 6.07) is 15.9. The Morgan fingerprint density at radius 3 is 2.24 bits per heavy atom. The summed E-state index contributed by atoms with van der Waals surface area (Å²) >= 11 is 0. The molecule has 0 heterocycles. The number of hydrogen-bond donors (Lipinski definition) is 1. The van der Waals surface area contributed by atoms with Gasteiger partial charge in [0.2, 0.25) is 0 Å². The molecule has 21 heavy (non-hydrogen) atoms. The van der Waals surface area contributed by atoms with E-state index < -0.39 is 0 Å². The van der Waals surface area contributed by atoms with E-state index >= 15 is 0 Å². The Bertz CT molecular complexity index is 548. The van der Waals surface area contributed by atoms with Crippen molar-refractivity contribution in [2.24, 2.45) is 5.92 Å². The van der Waals surface area contributed by atoms with E-state index in [-0.39, 0.29) is 5.82 Å². The SMILES string of the molecule is CCc1ccc(CC(CNC)Cc2ccccc2F)cc1. The van der Waals surface area contributed by atoms with Gasteiger partial charge in [0.15, 0.2) is 0 Å². The molecule has 0 aliphatic heterocycles. The zero-order chi connectivity index (χ0) is 15.1.